The van der Waals surface area contributed by atoms with Gasteiger partial charge in [0.2, 0.25) is 0 Å². The Hall–Kier alpha value is -1.26. The molecule has 3 nitrogen and oxygen atoms in total. The van der Waals surface area contributed by atoms with Gasteiger partial charge in [-0.3, -0.25) is 0 Å². The van der Waals surface area contributed by atoms with Crippen LogP contribution in [0.2, 0.25) is 0 Å². The second-order valence-electron chi connectivity index (χ2n) is 6.60. The van der Waals surface area contributed by atoms with Gasteiger partial charge in [-0.25, -0.2) is 0 Å². The molecule has 1 saturated carbocycles. The zero-order chi connectivity index (χ0) is 14.3. The maximum atomic E-state index is 10.7. The second-order valence-corrected chi connectivity index (χ2v) is 7.38. The smallest absolute Gasteiger partial charge is 0.0951 e. The van der Waals surface area contributed by atoms with Crippen molar-refractivity contribution < 1.29 is 5.11 Å². The fourth-order valence-corrected chi connectivity index (χ4v) is 3.68. The van der Waals surface area contributed by atoms with E-state index in [1.807, 2.05) is 6.07 Å². The van der Waals surface area contributed by atoms with Crippen LogP contribution in [-0.2, 0) is 5.41 Å². The molecular formula is C16H20N2OS. The maximum Gasteiger partial charge on any atom is 0.0951 e. The highest BCUT2D eigenvalue weighted by molar-refractivity contribution is 7.05. The summed E-state index contributed by atoms with van der Waals surface area (Å²) in [7, 11) is 0. The van der Waals surface area contributed by atoms with Gasteiger partial charge in [0.15, 0.2) is 0 Å². The predicted octanol–water partition coefficient (Wildman–Crippen LogP) is 3.67. The summed E-state index contributed by atoms with van der Waals surface area (Å²) in [5.41, 5.74) is 2.19. The summed E-state index contributed by atoms with van der Waals surface area (Å²) >= 11 is 1.34. The SMILES string of the molecule is CC(C)(C)c1nnsc1C(O)C1CC1c1ccccc1. The van der Waals surface area contributed by atoms with Crippen LogP contribution in [0, 0.1) is 5.92 Å². The van der Waals surface area contributed by atoms with Crippen LogP contribution in [0.5, 0.6) is 0 Å². The summed E-state index contributed by atoms with van der Waals surface area (Å²) in [6.45, 7) is 6.34. The highest BCUT2D eigenvalue weighted by Gasteiger charge is 2.45. The average molecular weight is 288 g/mol. The fraction of sp³-hybridized carbons (Fsp3) is 0.500. The molecule has 1 heterocycles. The molecule has 1 aliphatic carbocycles. The van der Waals surface area contributed by atoms with Gasteiger partial charge in [-0.05, 0) is 35.4 Å². The van der Waals surface area contributed by atoms with Crippen molar-refractivity contribution in [3.63, 3.8) is 0 Å². The first-order valence-corrected chi connectivity index (χ1v) is 7.81. The minimum absolute atomic E-state index is 0.0690. The average Bonchev–Trinajstić information content (AvgIpc) is 3.05. The third-order valence-electron chi connectivity index (χ3n) is 3.97. The van der Waals surface area contributed by atoms with Crippen molar-refractivity contribution in [1.82, 2.24) is 9.59 Å². The van der Waals surface area contributed by atoms with Gasteiger partial charge in [0.05, 0.1) is 16.7 Å². The van der Waals surface area contributed by atoms with E-state index in [2.05, 4.69) is 54.6 Å². The molecule has 0 radical (unpaired) electrons. The van der Waals surface area contributed by atoms with Crippen molar-refractivity contribution in [3.05, 3.63) is 46.5 Å². The Morgan fingerprint density at radius 2 is 1.95 bits per heavy atom. The Balaban J connectivity index is 1.79. The monoisotopic (exact) mass is 288 g/mol. The van der Waals surface area contributed by atoms with Crippen molar-refractivity contribution in [1.29, 1.82) is 0 Å². The number of aromatic nitrogens is 2. The van der Waals surface area contributed by atoms with Gasteiger partial charge in [-0.2, -0.15) is 0 Å². The zero-order valence-corrected chi connectivity index (χ0v) is 12.9. The predicted molar refractivity (Wildman–Crippen MR) is 80.9 cm³/mol. The van der Waals surface area contributed by atoms with Crippen LogP contribution in [-0.4, -0.2) is 14.7 Å². The van der Waals surface area contributed by atoms with E-state index in [1.165, 1.54) is 17.1 Å². The van der Waals surface area contributed by atoms with Crippen LogP contribution in [0.4, 0.5) is 0 Å². The molecule has 0 aliphatic heterocycles. The molecule has 0 bridgehead atoms. The molecule has 1 aromatic carbocycles. The van der Waals surface area contributed by atoms with E-state index in [0.29, 0.717) is 11.8 Å². The molecule has 20 heavy (non-hydrogen) atoms. The van der Waals surface area contributed by atoms with E-state index < -0.39 is 6.10 Å². The quantitative estimate of drug-likeness (QED) is 0.937. The molecule has 3 unspecified atom stereocenters. The number of hydrogen-bond acceptors (Lipinski definition) is 4. The number of aliphatic hydroxyl groups is 1. The van der Waals surface area contributed by atoms with Gasteiger partial charge in [-0.1, -0.05) is 55.6 Å². The molecule has 0 saturated heterocycles. The maximum absolute atomic E-state index is 10.7. The van der Waals surface area contributed by atoms with Crippen LogP contribution in [0.25, 0.3) is 0 Å². The lowest BCUT2D eigenvalue weighted by Gasteiger charge is -2.19. The topological polar surface area (TPSA) is 46.0 Å². The highest BCUT2D eigenvalue weighted by Crippen LogP contribution is 2.55. The van der Waals surface area contributed by atoms with E-state index >= 15 is 0 Å². The largest absolute Gasteiger partial charge is 0.387 e. The fourth-order valence-electron chi connectivity index (χ4n) is 2.75. The lowest BCUT2D eigenvalue weighted by atomic mass is 9.89. The Morgan fingerprint density at radius 1 is 1.25 bits per heavy atom. The van der Waals surface area contributed by atoms with E-state index in [0.717, 1.165) is 17.0 Å². The highest BCUT2D eigenvalue weighted by atomic mass is 32.1. The van der Waals surface area contributed by atoms with Crippen LogP contribution in [0.3, 0.4) is 0 Å². The molecule has 1 aliphatic rings. The van der Waals surface area contributed by atoms with Crippen molar-refractivity contribution in [2.24, 2.45) is 5.92 Å². The van der Waals surface area contributed by atoms with Crippen molar-refractivity contribution in [2.75, 3.05) is 0 Å². The first-order valence-electron chi connectivity index (χ1n) is 7.04. The molecule has 3 rings (SSSR count). The Morgan fingerprint density at radius 3 is 2.60 bits per heavy atom. The molecule has 0 amide bonds. The zero-order valence-electron chi connectivity index (χ0n) is 12.1. The first-order chi connectivity index (χ1) is 9.48. The third kappa shape index (κ3) is 2.50. The molecule has 1 aromatic heterocycles. The second kappa shape index (κ2) is 4.93. The minimum atomic E-state index is -0.436. The molecule has 106 valence electrons. The lowest BCUT2D eigenvalue weighted by Crippen LogP contribution is -2.16. The van der Waals surface area contributed by atoms with Crippen molar-refractivity contribution in [3.8, 4) is 0 Å². The van der Waals surface area contributed by atoms with E-state index in [9.17, 15) is 5.11 Å². The van der Waals surface area contributed by atoms with Crippen LogP contribution in [0.1, 0.15) is 55.3 Å². The summed E-state index contributed by atoms with van der Waals surface area (Å²) in [6.07, 6.45) is 0.613. The van der Waals surface area contributed by atoms with Crippen molar-refractivity contribution in [2.45, 2.75) is 44.6 Å². The summed E-state index contributed by atoms with van der Waals surface area (Å²) in [6, 6.07) is 10.4. The summed E-state index contributed by atoms with van der Waals surface area (Å²) < 4.78 is 4.05. The summed E-state index contributed by atoms with van der Waals surface area (Å²) in [5, 5.41) is 14.9. The van der Waals surface area contributed by atoms with Gasteiger partial charge in [0.25, 0.3) is 0 Å². The Bertz CT molecular complexity index is 588. The van der Waals surface area contributed by atoms with Gasteiger partial charge in [-0.15, -0.1) is 5.10 Å². The Labute approximate surface area is 123 Å². The number of rotatable bonds is 3. The first kappa shape index (κ1) is 13.7. The van der Waals surface area contributed by atoms with Crippen molar-refractivity contribution >= 4 is 11.5 Å². The van der Waals surface area contributed by atoms with Gasteiger partial charge < -0.3 is 5.11 Å². The molecule has 1 fully saturated rings. The van der Waals surface area contributed by atoms with Gasteiger partial charge in [0, 0.05) is 5.41 Å². The number of hydrogen-bond donors (Lipinski definition) is 1. The molecule has 0 spiro atoms. The molecule has 3 atom stereocenters. The molecule has 2 aromatic rings. The number of nitrogens with zero attached hydrogens (tertiary/aromatic N) is 2. The standard InChI is InChI=1S/C16H20N2OS/c1-16(2,3)15-14(20-18-17-15)13(19)12-9-11(12)10-7-5-4-6-8-10/h4-8,11-13,19H,9H2,1-3H3. The normalized spacial score (nSPS) is 23.6. The van der Waals surface area contributed by atoms with Crippen LogP contribution < -0.4 is 0 Å². The number of aliphatic hydroxyl groups excluding tert-OH is 1. The lowest BCUT2D eigenvalue weighted by molar-refractivity contribution is 0.152. The van der Waals surface area contributed by atoms with Gasteiger partial charge >= 0.3 is 0 Å². The summed E-state index contributed by atoms with van der Waals surface area (Å²) in [4.78, 5) is 0.945. The molecule has 4 heteroatoms. The van der Waals surface area contributed by atoms with E-state index in [4.69, 9.17) is 0 Å². The minimum Gasteiger partial charge on any atom is -0.387 e. The van der Waals surface area contributed by atoms with E-state index in [1.54, 1.807) is 0 Å². The van der Waals surface area contributed by atoms with Crippen LogP contribution >= 0.6 is 11.5 Å². The van der Waals surface area contributed by atoms with E-state index in [-0.39, 0.29) is 5.41 Å². The Kier molecular flexibility index (Phi) is 3.38. The molecular weight excluding hydrogens is 268 g/mol. The third-order valence-corrected chi connectivity index (χ3v) is 4.76. The van der Waals surface area contributed by atoms with Crippen LogP contribution in [0.15, 0.2) is 30.3 Å². The summed E-state index contributed by atoms with van der Waals surface area (Å²) in [5.74, 6) is 0.780. The van der Waals surface area contributed by atoms with Gasteiger partial charge in [0.1, 0.15) is 0 Å². The number of benzene rings is 1. The molecule has 1 N–H and O–H groups in total.